The van der Waals surface area contributed by atoms with Crippen molar-refractivity contribution in [3.8, 4) is 11.1 Å². The zero-order valence-corrected chi connectivity index (χ0v) is 12.6. The zero-order valence-electron chi connectivity index (χ0n) is 12.6. The highest BCUT2D eigenvalue weighted by molar-refractivity contribution is 5.95. The summed E-state index contributed by atoms with van der Waals surface area (Å²) in [6.45, 7) is 1.96. The van der Waals surface area contributed by atoms with Crippen molar-refractivity contribution in [3.63, 3.8) is 0 Å². The Morgan fingerprint density at radius 1 is 1.27 bits per heavy atom. The molecule has 0 aromatic carbocycles. The average molecular weight is 293 g/mol. The summed E-state index contributed by atoms with van der Waals surface area (Å²) in [4.78, 5) is 24.0. The van der Waals surface area contributed by atoms with E-state index in [1.807, 2.05) is 30.8 Å². The average Bonchev–Trinajstić information content (AvgIpc) is 3.09. The number of aromatic amines is 1. The predicted octanol–water partition coefficient (Wildman–Crippen LogP) is 2.12. The fraction of sp³-hybridized carbons (Fsp3) is 0.188. The lowest BCUT2D eigenvalue weighted by atomic mass is 10.1. The molecular formula is C16H15N5O. The SMILES string of the molecule is Cc1nc2ncc(-c3cn(C)c(=O)c4[nH]ccc34)cc2n1C. The molecule has 4 heterocycles. The van der Waals surface area contributed by atoms with Gasteiger partial charge in [-0.05, 0) is 19.1 Å². The van der Waals surface area contributed by atoms with Crippen molar-refractivity contribution >= 4 is 22.1 Å². The molecule has 4 aromatic rings. The Morgan fingerprint density at radius 2 is 2.09 bits per heavy atom. The second-order valence-corrected chi connectivity index (χ2v) is 5.51. The van der Waals surface area contributed by atoms with Gasteiger partial charge in [-0.25, -0.2) is 9.97 Å². The van der Waals surface area contributed by atoms with E-state index in [1.165, 1.54) is 0 Å². The third kappa shape index (κ3) is 1.64. The zero-order chi connectivity index (χ0) is 15.4. The summed E-state index contributed by atoms with van der Waals surface area (Å²) >= 11 is 0. The standard InChI is InChI=1S/C16H15N5O/c1-9-19-15-13(21(9)3)6-10(7-18-15)12-8-20(2)16(22)14-11(12)4-5-17-14/h4-8,17H,1-3H3. The van der Waals surface area contributed by atoms with Crippen molar-refractivity contribution < 1.29 is 0 Å². The van der Waals surface area contributed by atoms with Crippen LogP contribution in [0.15, 0.2) is 35.5 Å². The minimum absolute atomic E-state index is 0.0332. The summed E-state index contributed by atoms with van der Waals surface area (Å²) in [5.74, 6) is 0.923. The molecule has 0 radical (unpaired) electrons. The van der Waals surface area contributed by atoms with E-state index in [-0.39, 0.29) is 5.56 Å². The number of hydrogen-bond donors (Lipinski definition) is 1. The molecule has 0 saturated carbocycles. The summed E-state index contributed by atoms with van der Waals surface area (Å²) in [5, 5.41) is 0.906. The van der Waals surface area contributed by atoms with Gasteiger partial charge in [-0.1, -0.05) is 0 Å². The molecule has 4 aromatic heterocycles. The lowest BCUT2D eigenvalue weighted by molar-refractivity contribution is 0.872. The van der Waals surface area contributed by atoms with Gasteiger partial charge >= 0.3 is 0 Å². The summed E-state index contributed by atoms with van der Waals surface area (Å²) in [7, 11) is 3.73. The number of hydrogen-bond acceptors (Lipinski definition) is 3. The molecule has 0 saturated heterocycles. The first-order valence-electron chi connectivity index (χ1n) is 7.02. The van der Waals surface area contributed by atoms with Gasteiger partial charge in [-0.3, -0.25) is 4.79 Å². The van der Waals surface area contributed by atoms with Crippen molar-refractivity contribution in [2.45, 2.75) is 6.92 Å². The summed E-state index contributed by atoms with van der Waals surface area (Å²) in [6.07, 6.45) is 5.45. The van der Waals surface area contributed by atoms with Gasteiger partial charge in [0.05, 0.1) is 5.52 Å². The van der Waals surface area contributed by atoms with Gasteiger partial charge in [0.25, 0.3) is 5.56 Å². The fourth-order valence-electron chi connectivity index (χ4n) is 2.83. The third-order valence-electron chi connectivity index (χ3n) is 4.17. The number of aromatic nitrogens is 5. The first-order chi connectivity index (χ1) is 10.6. The Balaban J connectivity index is 2.07. The summed E-state index contributed by atoms with van der Waals surface area (Å²) in [6, 6.07) is 3.99. The van der Waals surface area contributed by atoms with E-state index in [1.54, 1.807) is 24.0 Å². The van der Waals surface area contributed by atoms with Gasteiger partial charge in [0, 0.05) is 49.2 Å². The first-order valence-corrected chi connectivity index (χ1v) is 7.02. The molecule has 0 atom stereocenters. The third-order valence-corrected chi connectivity index (χ3v) is 4.17. The molecule has 0 aliphatic heterocycles. The molecule has 110 valence electrons. The Hall–Kier alpha value is -2.89. The monoisotopic (exact) mass is 293 g/mol. The largest absolute Gasteiger partial charge is 0.357 e. The van der Waals surface area contributed by atoms with Crippen LogP contribution >= 0.6 is 0 Å². The molecule has 4 rings (SSSR count). The Bertz CT molecular complexity index is 1080. The van der Waals surface area contributed by atoms with Crippen molar-refractivity contribution in [3.05, 3.63) is 46.9 Å². The van der Waals surface area contributed by atoms with Crippen LogP contribution in [0.4, 0.5) is 0 Å². The number of aryl methyl sites for hydroxylation is 3. The van der Waals surface area contributed by atoms with Crippen LogP contribution in [0.5, 0.6) is 0 Å². The quantitative estimate of drug-likeness (QED) is 0.584. The Labute approximate surface area is 126 Å². The lowest BCUT2D eigenvalue weighted by Gasteiger charge is -2.07. The van der Waals surface area contributed by atoms with E-state index < -0.39 is 0 Å². The van der Waals surface area contributed by atoms with Crippen LogP contribution in [0.1, 0.15) is 5.82 Å². The molecule has 0 amide bonds. The fourth-order valence-corrected chi connectivity index (χ4v) is 2.83. The number of pyridine rings is 2. The highest BCUT2D eigenvalue weighted by atomic mass is 16.1. The van der Waals surface area contributed by atoms with E-state index in [9.17, 15) is 4.79 Å². The second-order valence-electron chi connectivity index (χ2n) is 5.51. The van der Waals surface area contributed by atoms with Crippen LogP contribution in [-0.4, -0.2) is 24.1 Å². The molecule has 6 nitrogen and oxygen atoms in total. The number of nitrogens with one attached hydrogen (secondary N) is 1. The molecule has 0 aliphatic carbocycles. The molecule has 22 heavy (non-hydrogen) atoms. The number of H-pyrrole nitrogens is 1. The molecule has 0 aliphatic rings. The van der Waals surface area contributed by atoms with Crippen molar-refractivity contribution in [1.29, 1.82) is 0 Å². The van der Waals surface area contributed by atoms with Gasteiger partial charge in [-0.15, -0.1) is 0 Å². The topological polar surface area (TPSA) is 68.5 Å². The van der Waals surface area contributed by atoms with Crippen molar-refractivity contribution in [1.82, 2.24) is 24.1 Å². The molecule has 0 fully saturated rings. The molecule has 6 heteroatoms. The van der Waals surface area contributed by atoms with Crippen molar-refractivity contribution in [2.75, 3.05) is 0 Å². The maximum absolute atomic E-state index is 12.1. The maximum atomic E-state index is 12.1. The van der Waals surface area contributed by atoms with E-state index in [2.05, 4.69) is 21.0 Å². The van der Waals surface area contributed by atoms with Crippen LogP contribution < -0.4 is 5.56 Å². The predicted molar refractivity (Wildman–Crippen MR) is 85.8 cm³/mol. The normalized spacial score (nSPS) is 11.6. The Kier molecular flexibility index (Phi) is 2.51. The van der Waals surface area contributed by atoms with E-state index in [4.69, 9.17) is 0 Å². The van der Waals surface area contributed by atoms with Gasteiger partial charge in [0.2, 0.25) is 0 Å². The van der Waals surface area contributed by atoms with Crippen LogP contribution in [-0.2, 0) is 14.1 Å². The van der Waals surface area contributed by atoms with Gasteiger partial charge in [-0.2, -0.15) is 0 Å². The molecule has 0 bridgehead atoms. The molecule has 0 unspecified atom stereocenters. The molecule has 0 spiro atoms. The summed E-state index contributed by atoms with van der Waals surface area (Å²) < 4.78 is 3.61. The number of imidazole rings is 1. The summed E-state index contributed by atoms with van der Waals surface area (Å²) in [5.41, 5.74) is 4.24. The molecular weight excluding hydrogens is 278 g/mol. The number of nitrogens with zero attached hydrogens (tertiary/aromatic N) is 4. The van der Waals surface area contributed by atoms with Gasteiger partial charge in [0.1, 0.15) is 11.3 Å². The Morgan fingerprint density at radius 3 is 2.91 bits per heavy atom. The van der Waals surface area contributed by atoms with E-state index in [0.717, 1.165) is 33.5 Å². The maximum Gasteiger partial charge on any atom is 0.274 e. The molecule has 1 N–H and O–H groups in total. The van der Waals surface area contributed by atoms with Crippen LogP contribution in [0.2, 0.25) is 0 Å². The minimum atomic E-state index is -0.0332. The van der Waals surface area contributed by atoms with Crippen LogP contribution in [0, 0.1) is 6.92 Å². The van der Waals surface area contributed by atoms with Gasteiger partial charge < -0.3 is 14.1 Å². The smallest absolute Gasteiger partial charge is 0.274 e. The van der Waals surface area contributed by atoms with E-state index >= 15 is 0 Å². The minimum Gasteiger partial charge on any atom is -0.357 e. The highest BCUT2D eigenvalue weighted by Gasteiger charge is 2.12. The lowest BCUT2D eigenvalue weighted by Crippen LogP contribution is -2.16. The van der Waals surface area contributed by atoms with Gasteiger partial charge in [0.15, 0.2) is 5.65 Å². The first kappa shape index (κ1) is 12.8. The van der Waals surface area contributed by atoms with Crippen molar-refractivity contribution in [2.24, 2.45) is 14.1 Å². The number of fused-ring (bicyclic) bond motifs is 2. The highest BCUT2D eigenvalue weighted by Crippen LogP contribution is 2.28. The van der Waals surface area contributed by atoms with Crippen LogP contribution in [0.3, 0.4) is 0 Å². The van der Waals surface area contributed by atoms with E-state index in [0.29, 0.717) is 5.52 Å². The number of rotatable bonds is 1. The second kappa shape index (κ2) is 4.30. The van der Waals surface area contributed by atoms with Crippen LogP contribution in [0.25, 0.3) is 33.2 Å².